The van der Waals surface area contributed by atoms with E-state index in [9.17, 15) is 0 Å². The molecule has 1 heterocycles. The number of nitrogens with zero attached hydrogens (tertiary/aromatic N) is 1. The van der Waals surface area contributed by atoms with Crippen LogP contribution in [-0.4, -0.2) is 18.2 Å². The first kappa shape index (κ1) is 14.9. The van der Waals surface area contributed by atoms with Gasteiger partial charge in [0.05, 0.1) is 13.2 Å². The largest absolute Gasteiger partial charge is 0.490 e. The van der Waals surface area contributed by atoms with Crippen molar-refractivity contribution >= 4 is 15.9 Å². The van der Waals surface area contributed by atoms with Crippen LogP contribution in [0.1, 0.15) is 18.1 Å². The lowest BCUT2D eigenvalue weighted by atomic mass is 10.2. The van der Waals surface area contributed by atoms with E-state index in [0.29, 0.717) is 13.2 Å². The third-order valence-electron chi connectivity index (χ3n) is 2.86. The molecule has 20 heavy (non-hydrogen) atoms. The highest BCUT2D eigenvalue weighted by Crippen LogP contribution is 2.29. The van der Waals surface area contributed by atoms with Gasteiger partial charge in [-0.15, -0.1) is 0 Å². The van der Waals surface area contributed by atoms with E-state index in [1.54, 1.807) is 12.4 Å². The highest BCUT2D eigenvalue weighted by atomic mass is 79.9. The van der Waals surface area contributed by atoms with Crippen molar-refractivity contribution in [1.82, 2.24) is 4.98 Å². The van der Waals surface area contributed by atoms with Crippen LogP contribution in [0.3, 0.4) is 0 Å². The van der Waals surface area contributed by atoms with E-state index in [4.69, 9.17) is 9.47 Å². The van der Waals surface area contributed by atoms with Gasteiger partial charge in [-0.3, -0.25) is 4.98 Å². The highest BCUT2D eigenvalue weighted by Gasteiger charge is 2.06. The molecule has 0 radical (unpaired) electrons. The predicted octanol–water partition coefficient (Wildman–Crippen LogP) is 4.00. The van der Waals surface area contributed by atoms with Crippen LogP contribution in [0.5, 0.6) is 11.5 Å². The van der Waals surface area contributed by atoms with E-state index in [0.717, 1.165) is 23.2 Å². The van der Waals surface area contributed by atoms with E-state index in [1.165, 1.54) is 11.1 Å². The second-order valence-electron chi connectivity index (χ2n) is 4.30. The molecule has 0 unspecified atom stereocenters. The Morgan fingerprint density at radius 2 is 1.80 bits per heavy atom. The molecule has 4 heteroatoms. The fourth-order valence-corrected chi connectivity index (χ4v) is 2.20. The molecule has 0 aliphatic rings. The maximum absolute atomic E-state index is 5.83. The Hall–Kier alpha value is -1.55. The smallest absolute Gasteiger partial charge is 0.161 e. The second-order valence-corrected chi connectivity index (χ2v) is 4.86. The zero-order chi connectivity index (χ0) is 14.2. The van der Waals surface area contributed by atoms with Crippen molar-refractivity contribution in [2.45, 2.75) is 18.7 Å². The lowest BCUT2D eigenvalue weighted by Gasteiger charge is -2.13. The Labute approximate surface area is 128 Å². The number of ether oxygens (including phenoxy) is 2. The summed E-state index contributed by atoms with van der Waals surface area (Å²) in [6.45, 7) is 3.23. The Morgan fingerprint density at radius 3 is 2.50 bits per heavy atom. The van der Waals surface area contributed by atoms with Gasteiger partial charge in [0.15, 0.2) is 11.5 Å². The molecule has 0 spiro atoms. The molecule has 0 atom stereocenters. The van der Waals surface area contributed by atoms with E-state index in [-0.39, 0.29) is 0 Å². The molecule has 1 aromatic carbocycles. The molecular weight excluding hydrogens is 318 g/mol. The van der Waals surface area contributed by atoms with Crippen molar-refractivity contribution in [3.8, 4) is 11.5 Å². The molecular formula is C16H18BrNO2. The zero-order valence-corrected chi connectivity index (χ0v) is 13.1. The lowest BCUT2D eigenvalue weighted by Crippen LogP contribution is -2.04. The molecule has 0 amide bonds. The second kappa shape index (κ2) is 7.90. The zero-order valence-electron chi connectivity index (χ0n) is 11.5. The maximum atomic E-state index is 5.83. The number of aromatic nitrogens is 1. The van der Waals surface area contributed by atoms with Gasteiger partial charge >= 0.3 is 0 Å². The van der Waals surface area contributed by atoms with Crippen LogP contribution in [0.2, 0.25) is 0 Å². The standard InChI is InChI=1S/C16H18BrNO2/c1-2-19-16-11-14(12-17)3-4-15(16)20-10-7-13-5-8-18-9-6-13/h3-6,8-9,11H,2,7,10,12H2,1H3. The summed E-state index contributed by atoms with van der Waals surface area (Å²) in [4.78, 5) is 4.00. The van der Waals surface area contributed by atoms with Crippen molar-refractivity contribution in [3.05, 3.63) is 53.9 Å². The molecule has 0 N–H and O–H groups in total. The average molecular weight is 336 g/mol. The van der Waals surface area contributed by atoms with Crippen LogP contribution in [0.15, 0.2) is 42.7 Å². The lowest BCUT2D eigenvalue weighted by molar-refractivity contribution is 0.279. The quantitative estimate of drug-likeness (QED) is 0.716. The predicted molar refractivity (Wildman–Crippen MR) is 83.7 cm³/mol. The number of pyridine rings is 1. The normalized spacial score (nSPS) is 10.3. The van der Waals surface area contributed by atoms with Crippen LogP contribution in [0, 0.1) is 0 Å². The summed E-state index contributed by atoms with van der Waals surface area (Å²) < 4.78 is 11.5. The van der Waals surface area contributed by atoms with Crippen LogP contribution in [-0.2, 0) is 11.8 Å². The van der Waals surface area contributed by atoms with Gasteiger partial charge in [0.2, 0.25) is 0 Å². The van der Waals surface area contributed by atoms with Gasteiger partial charge in [-0.05, 0) is 42.3 Å². The van der Waals surface area contributed by atoms with Gasteiger partial charge in [0, 0.05) is 24.1 Å². The highest BCUT2D eigenvalue weighted by molar-refractivity contribution is 9.08. The molecule has 0 aliphatic heterocycles. The van der Waals surface area contributed by atoms with Crippen LogP contribution >= 0.6 is 15.9 Å². The molecule has 0 saturated heterocycles. The van der Waals surface area contributed by atoms with Gasteiger partial charge in [0.25, 0.3) is 0 Å². The summed E-state index contributed by atoms with van der Waals surface area (Å²) in [6.07, 6.45) is 4.45. The van der Waals surface area contributed by atoms with Crippen molar-refractivity contribution in [2.24, 2.45) is 0 Å². The Morgan fingerprint density at radius 1 is 1.00 bits per heavy atom. The Bertz CT molecular complexity index is 531. The van der Waals surface area contributed by atoms with Gasteiger partial charge in [0.1, 0.15) is 0 Å². The summed E-state index contributed by atoms with van der Waals surface area (Å²) >= 11 is 3.45. The van der Waals surface area contributed by atoms with Gasteiger partial charge in [-0.1, -0.05) is 22.0 Å². The molecule has 106 valence electrons. The third-order valence-corrected chi connectivity index (χ3v) is 3.51. The first-order chi connectivity index (χ1) is 9.83. The van der Waals surface area contributed by atoms with Crippen LogP contribution < -0.4 is 9.47 Å². The molecule has 0 aliphatic carbocycles. The molecule has 2 rings (SSSR count). The van der Waals surface area contributed by atoms with Gasteiger partial charge in [-0.25, -0.2) is 0 Å². The minimum Gasteiger partial charge on any atom is -0.490 e. The number of benzene rings is 1. The SMILES string of the molecule is CCOc1cc(CBr)ccc1OCCc1ccncc1. The number of hydrogen-bond acceptors (Lipinski definition) is 3. The van der Waals surface area contributed by atoms with Crippen molar-refractivity contribution in [1.29, 1.82) is 0 Å². The third kappa shape index (κ3) is 4.23. The molecule has 0 fully saturated rings. The minimum absolute atomic E-state index is 0.623. The molecule has 2 aromatic rings. The first-order valence-corrected chi connectivity index (χ1v) is 7.79. The monoisotopic (exact) mass is 335 g/mol. The van der Waals surface area contributed by atoms with Crippen molar-refractivity contribution in [3.63, 3.8) is 0 Å². The van der Waals surface area contributed by atoms with Crippen LogP contribution in [0.25, 0.3) is 0 Å². The van der Waals surface area contributed by atoms with E-state index >= 15 is 0 Å². The number of alkyl halides is 1. The number of rotatable bonds is 7. The topological polar surface area (TPSA) is 31.4 Å². The van der Waals surface area contributed by atoms with Crippen LogP contribution in [0.4, 0.5) is 0 Å². The van der Waals surface area contributed by atoms with E-state index in [2.05, 4.69) is 20.9 Å². The Balaban J connectivity index is 1.98. The fraction of sp³-hybridized carbons (Fsp3) is 0.312. The molecule has 0 saturated carbocycles. The maximum Gasteiger partial charge on any atom is 0.161 e. The van der Waals surface area contributed by atoms with Crippen molar-refractivity contribution in [2.75, 3.05) is 13.2 Å². The molecule has 3 nitrogen and oxygen atoms in total. The summed E-state index contributed by atoms with van der Waals surface area (Å²) in [6, 6.07) is 10.0. The Kier molecular flexibility index (Phi) is 5.87. The summed E-state index contributed by atoms with van der Waals surface area (Å²) in [7, 11) is 0. The number of hydrogen-bond donors (Lipinski definition) is 0. The summed E-state index contributed by atoms with van der Waals surface area (Å²) in [5, 5.41) is 0.810. The van der Waals surface area contributed by atoms with Gasteiger partial charge < -0.3 is 9.47 Å². The van der Waals surface area contributed by atoms with Crippen molar-refractivity contribution < 1.29 is 9.47 Å². The fourth-order valence-electron chi connectivity index (χ4n) is 1.85. The number of halogens is 1. The van der Waals surface area contributed by atoms with Gasteiger partial charge in [-0.2, -0.15) is 0 Å². The summed E-state index contributed by atoms with van der Waals surface area (Å²) in [5.41, 5.74) is 2.39. The minimum atomic E-state index is 0.623. The molecule has 0 bridgehead atoms. The summed E-state index contributed by atoms with van der Waals surface area (Å²) in [5.74, 6) is 1.60. The van der Waals surface area contributed by atoms with E-state index in [1.807, 2.05) is 37.3 Å². The average Bonchev–Trinajstić information content (AvgIpc) is 2.50. The van der Waals surface area contributed by atoms with E-state index < -0.39 is 0 Å². The molecule has 1 aromatic heterocycles. The first-order valence-electron chi connectivity index (χ1n) is 6.67.